The second-order valence-corrected chi connectivity index (χ2v) is 8.06. The van der Waals surface area contributed by atoms with E-state index in [4.69, 9.17) is 0 Å². The Kier molecular flexibility index (Phi) is 2.84. The van der Waals surface area contributed by atoms with Crippen molar-refractivity contribution in [3.63, 3.8) is 0 Å². The Labute approximate surface area is 141 Å². The van der Waals surface area contributed by atoms with Crippen molar-refractivity contribution in [2.75, 3.05) is 0 Å². The zero-order valence-corrected chi connectivity index (χ0v) is 14.5. The number of benzene rings is 2. The fourth-order valence-corrected chi connectivity index (χ4v) is 5.80. The van der Waals surface area contributed by atoms with Crippen LogP contribution in [0.5, 0.6) is 0 Å². The topological polar surface area (TPSA) is 0 Å². The Morgan fingerprint density at radius 3 is 1.61 bits per heavy atom. The molecule has 1 heterocycles. The molecule has 0 saturated heterocycles. The molecular formula is C22H20S. The average Bonchev–Trinajstić information content (AvgIpc) is 2.93. The van der Waals surface area contributed by atoms with Gasteiger partial charge in [-0.1, -0.05) is 47.5 Å². The maximum absolute atomic E-state index is 2.38. The van der Waals surface area contributed by atoms with E-state index in [9.17, 15) is 0 Å². The maximum Gasteiger partial charge on any atom is 0.0387 e. The lowest BCUT2D eigenvalue weighted by atomic mass is 9.83. The molecule has 0 saturated carbocycles. The van der Waals surface area contributed by atoms with Gasteiger partial charge in [0, 0.05) is 9.75 Å². The van der Waals surface area contributed by atoms with Crippen molar-refractivity contribution < 1.29 is 0 Å². The average molecular weight is 316 g/mol. The molecule has 2 aliphatic carbocycles. The van der Waals surface area contributed by atoms with Crippen LogP contribution < -0.4 is 0 Å². The highest BCUT2D eigenvalue weighted by atomic mass is 32.1. The molecule has 0 fully saturated rings. The minimum Gasteiger partial charge on any atom is -0.135 e. The Morgan fingerprint density at radius 1 is 0.652 bits per heavy atom. The first-order valence-electron chi connectivity index (χ1n) is 8.55. The van der Waals surface area contributed by atoms with Crippen molar-refractivity contribution in [1.29, 1.82) is 0 Å². The zero-order valence-electron chi connectivity index (χ0n) is 13.7. The second-order valence-electron chi connectivity index (χ2n) is 7.04. The van der Waals surface area contributed by atoms with Crippen LogP contribution in [0.2, 0.25) is 0 Å². The standard InChI is InChI=1S/C22H20S/c1-13-3-7-17-15(11-13)5-9-19-20-10-6-16-12-14(2)4-8-18(16)22(20)23-21(17)19/h3-4,7-8,11-12H,5-6,9-10H2,1-2H3. The third kappa shape index (κ3) is 1.96. The van der Waals surface area contributed by atoms with E-state index in [-0.39, 0.29) is 0 Å². The van der Waals surface area contributed by atoms with Gasteiger partial charge in [0.1, 0.15) is 0 Å². The van der Waals surface area contributed by atoms with Gasteiger partial charge in [-0.2, -0.15) is 0 Å². The lowest BCUT2D eigenvalue weighted by Crippen LogP contribution is -2.07. The van der Waals surface area contributed by atoms with Gasteiger partial charge >= 0.3 is 0 Å². The van der Waals surface area contributed by atoms with E-state index in [0.29, 0.717) is 0 Å². The number of hydrogen-bond acceptors (Lipinski definition) is 1. The molecule has 2 aromatic carbocycles. The summed E-state index contributed by atoms with van der Waals surface area (Å²) in [6, 6.07) is 14.0. The molecule has 0 aliphatic heterocycles. The van der Waals surface area contributed by atoms with E-state index in [2.05, 4.69) is 50.2 Å². The van der Waals surface area contributed by atoms with Crippen molar-refractivity contribution in [2.45, 2.75) is 39.5 Å². The molecule has 0 N–H and O–H groups in total. The summed E-state index contributed by atoms with van der Waals surface area (Å²) in [5.41, 5.74) is 12.1. The van der Waals surface area contributed by atoms with E-state index in [0.717, 1.165) is 0 Å². The molecule has 1 heteroatoms. The smallest absolute Gasteiger partial charge is 0.0387 e. The first kappa shape index (κ1) is 13.6. The van der Waals surface area contributed by atoms with Gasteiger partial charge in [0.2, 0.25) is 0 Å². The van der Waals surface area contributed by atoms with Gasteiger partial charge in [-0.25, -0.2) is 0 Å². The van der Waals surface area contributed by atoms with E-state index in [1.54, 1.807) is 32.0 Å². The second kappa shape index (κ2) is 4.82. The van der Waals surface area contributed by atoms with Gasteiger partial charge in [0.05, 0.1) is 0 Å². The van der Waals surface area contributed by atoms with Crippen LogP contribution in [-0.2, 0) is 25.7 Å². The van der Waals surface area contributed by atoms with Gasteiger partial charge in [0.25, 0.3) is 0 Å². The van der Waals surface area contributed by atoms with Crippen molar-refractivity contribution in [3.05, 3.63) is 69.8 Å². The largest absolute Gasteiger partial charge is 0.135 e. The molecule has 2 aliphatic rings. The number of fused-ring (bicyclic) bond motifs is 7. The summed E-state index contributed by atoms with van der Waals surface area (Å²) in [4.78, 5) is 3.09. The van der Waals surface area contributed by atoms with Crippen LogP contribution >= 0.6 is 11.3 Å². The highest BCUT2D eigenvalue weighted by molar-refractivity contribution is 7.19. The molecule has 0 unspecified atom stereocenters. The maximum atomic E-state index is 2.38. The SMILES string of the molecule is Cc1ccc2c(c1)CCc1c-2sc2c1CCc1cc(C)ccc1-2. The van der Waals surface area contributed by atoms with E-state index < -0.39 is 0 Å². The van der Waals surface area contributed by atoms with Gasteiger partial charge in [-0.15, -0.1) is 11.3 Å². The number of thiophene rings is 1. The molecule has 0 bridgehead atoms. The summed E-state index contributed by atoms with van der Waals surface area (Å²) < 4.78 is 0. The summed E-state index contributed by atoms with van der Waals surface area (Å²) in [5, 5.41) is 0. The molecule has 0 nitrogen and oxygen atoms in total. The molecule has 23 heavy (non-hydrogen) atoms. The van der Waals surface area contributed by atoms with Crippen LogP contribution in [0.4, 0.5) is 0 Å². The number of aryl methyl sites for hydroxylation is 4. The lowest BCUT2D eigenvalue weighted by molar-refractivity contribution is 0.885. The van der Waals surface area contributed by atoms with Gasteiger partial charge in [-0.05, 0) is 72.9 Å². The third-order valence-corrected chi connectivity index (χ3v) is 6.76. The quantitative estimate of drug-likeness (QED) is 0.484. The van der Waals surface area contributed by atoms with Crippen LogP contribution in [-0.4, -0.2) is 0 Å². The zero-order chi connectivity index (χ0) is 15.6. The Hall–Kier alpha value is -1.86. The van der Waals surface area contributed by atoms with Gasteiger partial charge < -0.3 is 0 Å². The first-order chi connectivity index (χ1) is 11.2. The van der Waals surface area contributed by atoms with Crippen molar-refractivity contribution in [3.8, 4) is 20.9 Å². The normalized spacial score (nSPS) is 14.7. The first-order valence-corrected chi connectivity index (χ1v) is 9.37. The highest BCUT2D eigenvalue weighted by Crippen LogP contribution is 2.49. The molecular weight excluding hydrogens is 296 g/mol. The van der Waals surface area contributed by atoms with E-state index >= 15 is 0 Å². The predicted octanol–water partition coefficient (Wildman–Crippen LogP) is 5.90. The summed E-state index contributed by atoms with van der Waals surface area (Å²) >= 11 is 2.03. The Morgan fingerprint density at radius 2 is 1.13 bits per heavy atom. The van der Waals surface area contributed by atoms with E-state index in [1.807, 2.05) is 11.3 Å². The molecule has 1 aromatic heterocycles. The third-order valence-electron chi connectivity index (χ3n) is 5.42. The van der Waals surface area contributed by atoms with Crippen molar-refractivity contribution in [1.82, 2.24) is 0 Å². The molecule has 114 valence electrons. The van der Waals surface area contributed by atoms with Gasteiger partial charge in [0.15, 0.2) is 0 Å². The lowest BCUT2D eigenvalue weighted by Gasteiger charge is -2.20. The van der Waals surface area contributed by atoms with Gasteiger partial charge in [-0.3, -0.25) is 0 Å². The Balaban J connectivity index is 1.75. The molecule has 5 rings (SSSR count). The summed E-state index contributed by atoms with van der Waals surface area (Å²) in [6.07, 6.45) is 4.85. The molecule has 0 atom stereocenters. The monoisotopic (exact) mass is 316 g/mol. The molecule has 0 radical (unpaired) electrons. The molecule has 0 spiro atoms. The molecule has 3 aromatic rings. The molecule has 0 amide bonds. The van der Waals surface area contributed by atoms with E-state index in [1.165, 1.54) is 47.9 Å². The number of hydrogen-bond donors (Lipinski definition) is 0. The van der Waals surface area contributed by atoms with Crippen LogP contribution in [0, 0.1) is 13.8 Å². The number of rotatable bonds is 0. The van der Waals surface area contributed by atoms with Crippen molar-refractivity contribution in [2.24, 2.45) is 0 Å². The van der Waals surface area contributed by atoms with Crippen LogP contribution in [0.3, 0.4) is 0 Å². The minimum atomic E-state index is 1.20. The summed E-state index contributed by atoms with van der Waals surface area (Å²) in [6.45, 7) is 4.40. The fourth-order valence-electron chi connectivity index (χ4n) is 4.28. The predicted molar refractivity (Wildman–Crippen MR) is 99.5 cm³/mol. The summed E-state index contributed by atoms with van der Waals surface area (Å²) in [5.74, 6) is 0. The summed E-state index contributed by atoms with van der Waals surface area (Å²) in [7, 11) is 0. The fraction of sp³-hybridized carbons (Fsp3) is 0.273. The van der Waals surface area contributed by atoms with Crippen LogP contribution in [0.15, 0.2) is 36.4 Å². The Bertz CT molecular complexity index is 867. The van der Waals surface area contributed by atoms with Crippen molar-refractivity contribution >= 4 is 11.3 Å². The van der Waals surface area contributed by atoms with Crippen LogP contribution in [0.25, 0.3) is 20.9 Å². The minimum absolute atomic E-state index is 1.20. The van der Waals surface area contributed by atoms with Crippen LogP contribution in [0.1, 0.15) is 33.4 Å². The highest BCUT2D eigenvalue weighted by Gasteiger charge is 2.28.